The number of rotatable bonds is 8. The van der Waals surface area contributed by atoms with Crippen LogP contribution >= 0.6 is 0 Å². The molecule has 210 valence electrons. The van der Waals surface area contributed by atoms with Gasteiger partial charge in [-0.2, -0.15) is 4.90 Å². The van der Waals surface area contributed by atoms with Gasteiger partial charge in [0.15, 0.2) is 29.5 Å². The second-order valence-electron chi connectivity index (χ2n) is 9.97. The Kier molecular flexibility index (Phi) is 8.57. The van der Waals surface area contributed by atoms with Crippen LogP contribution in [-0.4, -0.2) is 41.8 Å². The van der Waals surface area contributed by atoms with Crippen molar-refractivity contribution in [2.45, 2.75) is 51.7 Å². The van der Waals surface area contributed by atoms with Crippen molar-refractivity contribution in [1.29, 1.82) is 0 Å². The molecule has 3 aromatic carbocycles. The molecular formula is C30H30FNO8. The van der Waals surface area contributed by atoms with Gasteiger partial charge in [0.05, 0.1) is 7.11 Å². The van der Waals surface area contributed by atoms with Gasteiger partial charge in [0, 0.05) is 5.56 Å². The molecule has 4 rings (SSSR count). The molecular weight excluding hydrogens is 521 g/mol. The quantitative estimate of drug-likeness (QED) is 0.250. The van der Waals surface area contributed by atoms with Gasteiger partial charge < -0.3 is 23.7 Å². The summed E-state index contributed by atoms with van der Waals surface area (Å²) in [5.74, 6) is -2.05. The molecule has 0 N–H and O–H groups in total. The van der Waals surface area contributed by atoms with Gasteiger partial charge in [0.1, 0.15) is 18.8 Å². The Hall–Kier alpha value is -4.60. The molecule has 9 nitrogen and oxygen atoms in total. The molecule has 1 saturated heterocycles. The highest BCUT2D eigenvalue weighted by Crippen LogP contribution is 2.41. The Bertz CT molecular complexity index is 1360. The van der Waals surface area contributed by atoms with E-state index in [-0.39, 0.29) is 30.3 Å². The minimum atomic E-state index is -1.64. The molecule has 40 heavy (non-hydrogen) atoms. The Morgan fingerprint density at radius 1 is 0.900 bits per heavy atom. The van der Waals surface area contributed by atoms with E-state index in [0.29, 0.717) is 4.90 Å². The number of halogens is 1. The maximum atomic E-state index is 16.2. The number of esters is 1. The van der Waals surface area contributed by atoms with Crippen molar-refractivity contribution < 1.29 is 42.5 Å². The van der Waals surface area contributed by atoms with Crippen LogP contribution in [0, 0.1) is 5.82 Å². The first kappa shape index (κ1) is 28.4. The van der Waals surface area contributed by atoms with Crippen molar-refractivity contribution >= 4 is 18.2 Å². The summed E-state index contributed by atoms with van der Waals surface area (Å²) in [5, 5.41) is 0. The number of methoxy groups -OCH3 is 1. The van der Waals surface area contributed by atoms with Crippen LogP contribution in [0.5, 0.6) is 11.5 Å². The van der Waals surface area contributed by atoms with Crippen molar-refractivity contribution in [3.8, 4) is 11.5 Å². The summed E-state index contributed by atoms with van der Waals surface area (Å²) in [6.45, 7) is 4.94. The maximum absolute atomic E-state index is 16.2. The summed E-state index contributed by atoms with van der Waals surface area (Å²) in [7, 11) is 1.08. The summed E-state index contributed by atoms with van der Waals surface area (Å²) in [6.07, 6.45) is -3.83. The van der Waals surface area contributed by atoms with Crippen LogP contribution < -0.4 is 9.47 Å². The van der Waals surface area contributed by atoms with E-state index in [9.17, 15) is 14.4 Å². The molecule has 0 bridgehead atoms. The summed E-state index contributed by atoms with van der Waals surface area (Å²) in [5.41, 5.74) is 0.448. The standard InChI is InChI=1S/C30H30FNO8/c1-30(2,3)40-29(35)32-24(27(33)36-4)25(39-28(32)34)21-15-16-22(37-17-19-11-7-5-8-12-19)26(23(21)31)38-18-20-13-9-6-10-14-20/h5-16,24-25H,17-18H2,1-4H3/t24-,25+/m0/s1. The lowest BCUT2D eigenvalue weighted by Gasteiger charge is -2.25. The lowest BCUT2D eigenvalue weighted by Crippen LogP contribution is -2.47. The minimum absolute atomic E-state index is 0.0117. The van der Waals surface area contributed by atoms with E-state index in [2.05, 4.69) is 0 Å². The van der Waals surface area contributed by atoms with Crippen molar-refractivity contribution in [3.05, 3.63) is 95.3 Å². The topological polar surface area (TPSA) is 101 Å². The second kappa shape index (κ2) is 12.1. The monoisotopic (exact) mass is 551 g/mol. The largest absolute Gasteiger partial charge is 0.485 e. The van der Waals surface area contributed by atoms with Crippen molar-refractivity contribution in [1.82, 2.24) is 4.90 Å². The number of nitrogens with zero attached hydrogens (tertiary/aromatic N) is 1. The molecule has 1 fully saturated rings. The number of hydrogen-bond donors (Lipinski definition) is 0. The molecule has 0 unspecified atom stereocenters. The first-order valence-corrected chi connectivity index (χ1v) is 12.6. The second-order valence-corrected chi connectivity index (χ2v) is 9.97. The molecule has 3 aromatic rings. The van der Waals surface area contributed by atoms with Gasteiger partial charge in [0.2, 0.25) is 0 Å². The number of carbonyl (C=O) groups excluding carboxylic acids is 3. The number of cyclic esters (lactones) is 1. The zero-order valence-corrected chi connectivity index (χ0v) is 22.6. The van der Waals surface area contributed by atoms with Crippen LogP contribution in [0.4, 0.5) is 14.0 Å². The van der Waals surface area contributed by atoms with Crippen molar-refractivity contribution in [2.24, 2.45) is 0 Å². The third kappa shape index (κ3) is 6.51. The fourth-order valence-electron chi connectivity index (χ4n) is 4.05. The number of imide groups is 1. The normalized spacial score (nSPS) is 16.7. The third-order valence-electron chi connectivity index (χ3n) is 5.88. The molecule has 0 radical (unpaired) electrons. The van der Waals surface area contributed by atoms with Gasteiger partial charge in [0.25, 0.3) is 0 Å². The minimum Gasteiger partial charge on any atom is -0.485 e. The van der Waals surface area contributed by atoms with Crippen LogP contribution in [0.1, 0.15) is 43.6 Å². The molecule has 1 aliphatic heterocycles. The first-order chi connectivity index (χ1) is 19.1. The Morgan fingerprint density at radius 3 is 2.02 bits per heavy atom. The molecule has 0 aromatic heterocycles. The van der Waals surface area contributed by atoms with E-state index >= 15 is 4.39 Å². The van der Waals surface area contributed by atoms with Crippen LogP contribution in [0.3, 0.4) is 0 Å². The van der Waals surface area contributed by atoms with Gasteiger partial charge in [-0.3, -0.25) is 0 Å². The van der Waals surface area contributed by atoms with Crippen LogP contribution in [0.2, 0.25) is 0 Å². The van der Waals surface area contributed by atoms with Crippen molar-refractivity contribution in [3.63, 3.8) is 0 Å². The highest BCUT2D eigenvalue weighted by Gasteiger charge is 2.53. The molecule has 0 saturated carbocycles. The Balaban J connectivity index is 1.70. The Morgan fingerprint density at radius 2 is 1.48 bits per heavy atom. The molecule has 2 amide bonds. The summed E-state index contributed by atoms with van der Waals surface area (Å²) in [4.78, 5) is 38.9. The lowest BCUT2D eigenvalue weighted by molar-refractivity contribution is -0.146. The van der Waals surface area contributed by atoms with Crippen LogP contribution in [-0.2, 0) is 32.2 Å². The molecule has 10 heteroatoms. The number of hydrogen-bond acceptors (Lipinski definition) is 8. The number of carbonyl (C=O) groups is 3. The fourth-order valence-corrected chi connectivity index (χ4v) is 4.05. The van der Waals surface area contributed by atoms with Gasteiger partial charge >= 0.3 is 18.2 Å². The molecule has 0 aliphatic carbocycles. The van der Waals surface area contributed by atoms with E-state index in [1.54, 1.807) is 20.8 Å². The number of amides is 2. The van der Waals surface area contributed by atoms with Crippen LogP contribution in [0.15, 0.2) is 72.8 Å². The highest BCUT2D eigenvalue weighted by atomic mass is 19.1. The molecule has 1 aliphatic rings. The van der Waals surface area contributed by atoms with Gasteiger partial charge in [-0.15, -0.1) is 0 Å². The lowest BCUT2D eigenvalue weighted by atomic mass is 10.0. The average molecular weight is 552 g/mol. The van der Waals surface area contributed by atoms with E-state index < -0.39 is 41.7 Å². The van der Waals surface area contributed by atoms with E-state index in [4.69, 9.17) is 23.7 Å². The van der Waals surface area contributed by atoms with E-state index in [1.165, 1.54) is 12.1 Å². The summed E-state index contributed by atoms with van der Waals surface area (Å²) >= 11 is 0. The molecule has 2 atom stereocenters. The summed E-state index contributed by atoms with van der Waals surface area (Å²) < 4.78 is 43.4. The van der Waals surface area contributed by atoms with Gasteiger partial charge in [-0.25, -0.2) is 18.8 Å². The zero-order chi connectivity index (χ0) is 28.9. The molecule has 1 heterocycles. The number of benzene rings is 3. The first-order valence-electron chi connectivity index (χ1n) is 12.6. The predicted octanol–water partition coefficient (Wildman–Crippen LogP) is 5.95. The van der Waals surface area contributed by atoms with Crippen molar-refractivity contribution in [2.75, 3.05) is 7.11 Å². The zero-order valence-electron chi connectivity index (χ0n) is 22.6. The van der Waals surface area contributed by atoms with E-state index in [1.807, 2.05) is 60.7 Å². The third-order valence-corrected chi connectivity index (χ3v) is 5.88. The maximum Gasteiger partial charge on any atom is 0.420 e. The average Bonchev–Trinajstić information content (AvgIpc) is 3.28. The van der Waals surface area contributed by atoms with Gasteiger partial charge in [-0.1, -0.05) is 60.7 Å². The molecule has 0 spiro atoms. The highest BCUT2D eigenvalue weighted by molar-refractivity contribution is 5.96. The summed E-state index contributed by atoms with van der Waals surface area (Å²) in [6, 6.07) is 19.6. The van der Waals surface area contributed by atoms with Gasteiger partial charge in [-0.05, 0) is 44.0 Å². The van der Waals surface area contributed by atoms with Crippen LogP contribution in [0.25, 0.3) is 0 Å². The number of ether oxygens (including phenoxy) is 5. The smallest absolute Gasteiger partial charge is 0.420 e. The Labute approximate surface area is 231 Å². The fraction of sp³-hybridized carbons (Fsp3) is 0.300. The predicted molar refractivity (Wildman–Crippen MR) is 141 cm³/mol. The SMILES string of the molecule is COC(=O)[C@@H]1[C@@H](c2ccc(OCc3ccccc3)c(OCc3ccccc3)c2F)OC(=O)N1C(=O)OC(C)(C)C. The van der Waals surface area contributed by atoms with E-state index in [0.717, 1.165) is 18.2 Å².